The molecule has 0 aliphatic rings. The molecule has 5 heteroatoms. The topological polar surface area (TPSA) is 62.4 Å². The third-order valence-corrected chi connectivity index (χ3v) is 2.07. The minimum Gasteiger partial charge on any atom is -0.463 e. The van der Waals surface area contributed by atoms with E-state index in [2.05, 4.69) is 20.9 Å². The Morgan fingerprint density at radius 1 is 1.17 bits per heavy atom. The van der Waals surface area contributed by atoms with Crippen LogP contribution in [0, 0.1) is 0 Å². The molecule has 0 saturated heterocycles. The smallest absolute Gasteiger partial charge is 0.293 e. The summed E-state index contributed by atoms with van der Waals surface area (Å²) in [6.45, 7) is 2.92. The van der Waals surface area contributed by atoms with E-state index in [0.29, 0.717) is 13.1 Å². The van der Waals surface area contributed by atoms with Crippen molar-refractivity contribution in [1.29, 1.82) is 0 Å². The minimum absolute atomic E-state index is 0.365. The largest absolute Gasteiger partial charge is 0.463 e. The molecule has 0 aliphatic carbocycles. The summed E-state index contributed by atoms with van der Waals surface area (Å²) in [5, 5.41) is 3.06. The van der Waals surface area contributed by atoms with Gasteiger partial charge < -0.3 is 10.1 Å². The van der Waals surface area contributed by atoms with E-state index in [1.54, 1.807) is 0 Å². The molecule has 1 rings (SSSR count). The predicted octanol–water partition coefficient (Wildman–Crippen LogP) is 0.680. The highest BCUT2D eigenvalue weighted by Crippen LogP contribution is 1.98. The zero-order valence-electron chi connectivity index (χ0n) is 11.1. The second-order valence-corrected chi connectivity index (χ2v) is 3.53. The number of nitrogens with one attached hydrogen (secondary N) is 3. The summed E-state index contributed by atoms with van der Waals surface area (Å²) in [6, 6.07) is 9.55. The fourth-order valence-electron chi connectivity index (χ4n) is 1.18. The average molecular weight is 253 g/mol. The van der Waals surface area contributed by atoms with Crippen LogP contribution in [0.15, 0.2) is 30.3 Å². The van der Waals surface area contributed by atoms with E-state index < -0.39 is 0 Å². The normalized spacial score (nSPS) is 9.22. The van der Waals surface area contributed by atoms with Crippen LogP contribution in [0.2, 0.25) is 0 Å². The van der Waals surface area contributed by atoms with Crippen LogP contribution in [0.1, 0.15) is 12.0 Å². The Hall–Kier alpha value is -1.43. The summed E-state index contributed by atoms with van der Waals surface area (Å²) < 4.78 is 4.54. The lowest BCUT2D eigenvalue weighted by molar-refractivity contribution is -0.129. The van der Waals surface area contributed by atoms with E-state index in [4.69, 9.17) is 0 Å². The lowest BCUT2D eigenvalue weighted by Gasteiger charge is -1.99. The van der Waals surface area contributed by atoms with Crippen molar-refractivity contribution in [3.05, 3.63) is 35.9 Å². The molecule has 18 heavy (non-hydrogen) atoms. The number of benzene rings is 1. The van der Waals surface area contributed by atoms with E-state index in [1.165, 1.54) is 0 Å². The van der Waals surface area contributed by atoms with Crippen molar-refractivity contribution in [3.8, 4) is 0 Å². The van der Waals surface area contributed by atoms with Gasteiger partial charge in [-0.3, -0.25) is 15.6 Å². The van der Waals surface area contributed by atoms with Crippen LogP contribution < -0.4 is 16.2 Å². The van der Waals surface area contributed by atoms with Gasteiger partial charge in [0.1, 0.15) is 6.61 Å². The van der Waals surface area contributed by atoms with E-state index >= 15 is 0 Å². The van der Waals surface area contributed by atoms with Crippen LogP contribution in [0.5, 0.6) is 0 Å². The first-order valence-corrected chi connectivity index (χ1v) is 5.98. The van der Waals surface area contributed by atoms with Gasteiger partial charge in [0.2, 0.25) is 0 Å². The van der Waals surface area contributed by atoms with Crippen molar-refractivity contribution in [2.45, 2.75) is 13.0 Å². The maximum Gasteiger partial charge on any atom is 0.293 e. The molecule has 1 aromatic carbocycles. The zero-order chi connectivity index (χ0) is 13.5. The molecule has 0 aliphatic heterocycles. The van der Waals surface area contributed by atoms with Crippen molar-refractivity contribution < 1.29 is 9.53 Å². The molecule has 0 atom stereocenters. The zero-order valence-corrected chi connectivity index (χ0v) is 11.1. The molecule has 0 radical (unpaired) electrons. The quantitative estimate of drug-likeness (QED) is 0.361. The standard InChI is InChI=1S/C8H8O2.C5H15N3/c9-7-10-6-8-4-2-1-3-5-8;1-6-4-3-5-8-7-2/h1-5,7H,6H2;6-8H,3-5H2,1-2H3. The molecular formula is C13H23N3O2. The number of hydrazine groups is 1. The maximum absolute atomic E-state index is 9.76. The summed E-state index contributed by atoms with van der Waals surface area (Å²) in [5.41, 5.74) is 6.85. The molecule has 0 spiro atoms. The summed E-state index contributed by atoms with van der Waals surface area (Å²) in [6.07, 6.45) is 1.16. The van der Waals surface area contributed by atoms with Crippen molar-refractivity contribution in [2.75, 3.05) is 27.2 Å². The fourth-order valence-corrected chi connectivity index (χ4v) is 1.18. The molecule has 0 heterocycles. The highest BCUT2D eigenvalue weighted by atomic mass is 16.5. The summed E-state index contributed by atoms with van der Waals surface area (Å²) >= 11 is 0. The van der Waals surface area contributed by atoms with E-state index in [0.717, 1.165) is 25.1 Å². The van der Waals surface area contributed by atoms with E-state index in [-0.39, 0.29) is 0 Å². The van der Waals surface area contributed by atoms with Crippen molar-refractivity contribution in [3.63, 3.8) is 0 Å². The van der Waals surface area contributed by atoms with Crippen molar-refractivity contribution in [1.82, 2.24) is 16.2 Å². The van der Waals surface area contributed by atoms with Crippen LogP contribution in [-0.2, 0) is 16.1 Å². The molecule has 0 bridgehead atoms. The van der Waals surface area contributed by atoms with E-state index in [9.17, 15) is 4.79 Å². The molecule has 0 unspecified atom stereocenters. The number of hydrogen-bond donors (Lipinski definition) is 3. The highest BCUT2D eigenvalue weighted by Gasteiger charge is 1.87. The number of hydrogen-bond acceptors (Lipinski definition) is 5. The minimum atomic E-state index is 0.365. The van der Waals surface area contributed by atoms with Gasteiger partial charge in [0, 0.05) is 6.54 Å². The highest BCUT2D eigenvalue weighted by molar-refractivity contribution is 5.37. The Morgan fingerprint density at radius 2 is 1.89 bits per heavy atom. The van der Waals surface area contributed by atoms with Crippen LogP contribution in [0.3, 0.4) is 0 Å². The molecule has 0 saturated carbocycles. The molecule has 0 aromatic heterocycles. The molecule has 0 amide bonds. The lowest BCUT2D eigenvalue weighted by Crippen LogP contribution is -2.29. The summed E-state index contributed by atoms with van der Waals surface area (Å²) in [4.78, 5) is 9.76. The number of carbonyl (C=O) groups excluding carboxylic acids is 1. The third-order valence-electron chi connectivity index (χ3n) is 2.07. The number of carbonyl (C=O) groups is 1. The van der Waals surface area contributed by atoms with Crippen molar-refractivity contribution >= 4 is 6.47 Å². The molecule has 1 aromatic rings. The first-order valence-electron chi connectivity index (χ1n) is 5.98. The van der Waals surface area contributed by atoms with Gasteiger partial charge in [-0.25, -0.2) is 0 Å². The van der Waals surface area contributed by atoms with E-state index in [1.807, 2.05) is 44.4 Å². The molecule has 102 valence electrons. The van der Waals surface area contributed by atoms with Crippen LogP contribution in [-0.4, -0.2) is 33.7 Å². The van der Waals surface area contributed by atoms with Gasteiger partial charge in [0.25, 0.3) is 6.47 Å². The SMILES string of the molecule is CNCCCNNC.O=COCc1ccccc1. The Labute approximate surface area is 109 Å². The summed E-state index contributed by atoms with van der Waals surface area (Å²) in [5.74, 6) is 0. The second-order valence-electron chi connectivity index (χ2n) is 3.53. The predicted molar refractivity (Wildman–Crippen MR) is 72.9 cm³/mol. The van der Waals surface area contributed by atoms with Gasteiger partial charge >= 0.3 is 0 Å². The molecular weight excluding hydrogens is 230 g/mol. The van der Waals surface area contributed by atoms with Gasteiger partial charge in [-0.05, 0) is 32.6 Å². The van der Waals surface area contributed by atoms with Gasteiger partial charge in [-0.1, -0.05) is 30.3 Å². The Kier molecular flexibility index (Phi) is 12.6. The molecule has 3 N–H and O–H groups in total. The Bertz CT molecular complexity index is 275. The maximum atomic E-state index is 9.76. The van der Waals surface area contributed by atoms with Crippen LogP contribution >= 0.6 is 0 Å². The second kappa shape index (κ2) is 13.6. The fraction of sp³-hybridized carbons (Fsp3) is 0.462. The molecule has 5 nitrogen and oxygen atoms in total. The average Bonchev–Trinajstić information content (AvgIpc) is 2.43. The monoisotopic (exact) mass is 253 g/mol. The van der Waals surface area contributed by atoms with Gasteiger partial charge in [0.05, 0.1) is 0 Å². The Balaban J connectivity index is 0.000000331. The van der Waals surface area contributed by atoms with Gasteiger partial charge in [-0.15, -0.1) is 0 Å². The summed E-state index contributed by atoms with van der Waals surface area (Å²) in [7, 11) is 3.83. The molecule has 0 fully saturated rings. The van der Waals surface area contributed by atoms with Crippen molar-refractivity contribution in [2.24, 2.45) is 0 Å². The number of ether oxygens (including phenoxy) is 1. The van der Waals surface area contributed by atoms with Gasteiger partial charge in [-0.2, -0.15) is 0 Å². The first kappa shape index (κ1) is 16.6. The van der Waals surface area contributed by atoms with Gasteiger partial charge in [0.15, 0.2) is 0 Å². The lowest BCUT2D eigenvalue weighted by atomic mass is 10.2. The third kappa shape index (κ3) is 11.1. The van der Waals surface area contributed by atoms with Crippen LogP contribution in [0.25, 0.3) is 0 Å². The van der Waals surface area contributed by atoms with Crippen LogP contribution in [0.4, 0.5) is 0 Å². The number of rotatable bonds is 8. The Morgan fingerprint density at radius 3 is 2.44 bits per heavy atom. The first-order chi connectivity index (χ1) is 8.85.